The van der Waals surface area contributed by atoms with Crippen LogP contribution in [0.2, 0.25) is 5.02 Å². The third-order valence-corrected chi connectivity index (χ3v) is 5.40. The van der Waals surface area contributed by atoms with Gasteiger partial charge >= 0.3 is 5.97 Å². The van der Waals surface area contributed by atoms with Gasteiger partial charge in [-0.05, 0) is 44.2 Å². The van der Waals surface area contributed by atoms with E-state index in [2.05, 4.69) is 5.32 Å². The van der Waals surface area contributed by atoms with E-state index in [0.717, 1.165) is 10.6 Å². The summed E-state index contributed by atoms with van der Waals surface area (Å²) in [5.41, 5.74) is 0.777. The van der Waals surface area contributed by atoms with Crippen molar-refractivity contribution in [3.05, 3.63) is 59.1 Å². The van der Waals surface area contributed by atoms with Gasteiger partial charge in [0.1, 0.15) is 6.04 Å². The van der Waals surface area contributed by atoms with Crippen molar-refractivity contribution in [1.29, 1.82) is 0 Å². The number of hydrogen-bond acceptors (Lipinski definition) is 5. The van der Waals surface area contributed by atoms with Crippen molar-refractivity contribution < 1.29 is 22.7 Å². The summed E-state index contributed by atoms with van der Waals surface area (Å²) in [6.07, 6.45) is 1.03. The number of nitrogens with one attached hydrogen (secondary N) is 1. The summed E-state index contributed by atoms with van der Waals surface area (Å²) in [5.74, 6) is -1.18. The van der Waals surface area contributed by atoms with Crippen molar-refractivity contribution in [3.8, 4) is 0 Å². The summed E-state index contributed by atoms with van der Waals surface area (Å²) in [5, 5.41) is 2.80. The SMILES string of the molecule is CCOC(=O)c1cc(NC(=O)[C@H](C)N(c2ccccc2)S(C)(=O)=O)ccc1Cl. The lowest BCUT2D eigenvalue weighted by molar-refractivity contribution is -0.116. The molecular formula is C19H21ClN2O5S. The quantitative estimate of drug-likeness (QED) is 0.688. The molecule has 0 spiro atoms. The Morgan fingerprint density at radius 1 is 1.18 bits per heavy atom. The summed E-state index contributed by atoms with van der Waals surface area (Å²) < 4.78 is 30.5. The Kier molecular flexibility index (Phi) is 7.04. The molecule has 7 nitrogen and oxygen atoms in total. The van der Waals surface area contributed by atoms with Gasteiger partial charge in [-0.25, -0.2) is 13.2 Å². The Morgan fingerprint density at radius 3 is 2.39 bits per heavy atom. The van der Waals surface area contributed by atoms with E-state index in [-0.39, 0.29) is 17.2 Å². The largest absolute Gasteiger partial charge is 0.462 e. The molecule has 0 aliphatic rings. The molecule has 150 valence electrons. The average molecular weight is 425 g/mol. The number of esters is 1. The van der Waals surface area contributed by atoms with Crippen LogP contribution in [0.5, 0.6) is 0 Å². The Balaban J connectivity index is 2.28. The normalized spacial score (nSPS) is 12.1. The monoisotopic (exact) mass is 424 g/mol. The van der Waals surface area contributed by atoms with E-state index in [1.165, 1.54) is 25.1 Å². The van der Waals surface area contributed by atoms with Gasteiger partial charge in [0.25, 0.3) is 0 Å². The van der Waals surface area contributed by atoms with Crippen LogP contribution in [0.3, 0.4) is 0 Å². The number of nitrogens with zero attached hydrogens (tertiary/aromatic N) is 1. The first kappa shape index (κ1) is 21.7. The summed E-state index contributed by atoms with van der Waals surface area (Å²) in [6.45, 7) is 3.33. The predicted octanol–water partition coefficient (Wildman–Crippen LogP) is 3.31. The maximum Gasteiger partial charge on any atom is 0.339 e. The second-order valence-corrected chi connectivity index (χ2v) is 8.24. The molecule has 1 atom stereocenters. The molecule has 0 saturated heterocycles. The van der Waals surface area contributed by atoms with Crippen LogP contribution in [0.15, 0.2) is 48.5 Å². The molecule has 9 heteroatoms. The minimum atomic E-state index is -3.71. The smallest absolute Gasteiger partial charge is 0.339 e. The van der Waals surface area contributed by atoms with E-state index < -0.39 is 27.9 Å². The number of carbonyl (C=O) groups excluding carboxylic acids is 2. The molecular weight excluding hydrogens is 404 g/mol. The molecule has 0 aliphatic carbocycles. The van der Waals surface area contributed by atoms with Crippen molar-refractivity contribution in [2.75, 3.05) is 22.5 Å². The lowest BCUT2D eigenvalue weighted by Gasteiger charge is -2.28. The maximum absolute atomic E-state index is 12.7. The summed E-state index contributed by atoms with van der Waals surface area (Å²) in [7, 11) is -3.71. The van der Waals surface area contributed by atoms with Crippen LogP contribution in [-0.2, 0) is 19.6 Å². The number of para-hydroxylation sites is 1. The third kappa shape index (κ3) is 5.24. The zero-order valence-electron chi connectivity index (χ0n) is 15.7. The van der Waals surface area contributed by atoms with Crippen molar-refractivity contribution >= 4 is 44.9 Å². The third-order valence-electron chi connectivity index (χ3n) is 3.83. The first-order valence-electron chi connectivity index (χ1n) is 8.47. The topological polar surface area (TPSA) is 92.8 Å². The zero-order valence-corrected chi connectivity index (χ0v) is 17.3. The van der Waals surface area contributed by atoms with Crippen LogP contribution < -0.4 is 9.62 Å². The molecule has 1 N–H and O–H groups in total. The molecule has 0 aromatic heterocycles. The standard InChI is InChI=1S/C19H21ClN2O5S/c1-4-27-19(24)16-12-14(10-11-17(16)20)21-18(23)13(2)22(28(3,25)26)15-8-6-5-7-9-15/h5-13H,4H2,1-3H3,(H,21,23)/t13-/m0/s1. The van der Waals surface area contributed by atoms with E-state index >= 15 is 0 Å². The van der Waals surface area contributed by atoms with E-state index in [1.54, 1.807) is 37.3 Å². The van der Waals surface area contributed by atoms with Crippen molar-refractivity contribution in [2.24, 2.45) is 0 Å². The van der Waals surface area contributed by atoms with E-state index in [1.807, 2.05) is 0 Å². The molecule has 28 heavy (non-hydrogen) atoms. The van der Waals surface area contributed by atoms with Crippen LogP contribution in [0, 0.1) is 0 Å². The first-order valence-corrected chi connectivity index (χ1v) is 10.7. The molecule has 1 amide bonds. The number of anilines is 2. The molecule has 0 radical (unpaired) electrons. The maximum atomic E-state index is 12.7. The van der Waals surface area contributed by atoms with Crippen molar-refractivity contribution in [3.63, 3.8) is 0 Å². The Labute approximate surface area is 169 Å². The highest BCUT2D eigenvalue weighted by Gasteiger charge is 2.29. The average Bonchev–Trinajstić information content (AvgIpc) is 2.63. The first-order chi connectivity index (χ1) is 13.1. The van der Waals surface area contributed by atoms with Gasteiger partial charge in [0.2, 0.25) is 15.9 Å². The molecule has 0 bridgehead atoms. The molecule has 2 aromatic rings. The Hall–Kier alpha value is -2.58. The van der Waals surface area contributed by atoms with Gasteiger partial charge in [0.05, 0.1) is 29.1 Å². The number of amides is 1. The molecule has 0 fully saturated rings. The van der Waals surface area contributed by atoms with Crippen molar-refractivity contribution in [1.82, 2.24) is 0 Å². The predicted molar refractivity (Wildman–Crippen MR) is 109 cm³/mol. The molecule has 2 rings (SSSR count). The van der Waals surface area contributed by atoms with Gasteiger partial charge in [-0.15, -0.1) is 0 Å². The highest BCUT2D eigenvalue weighted by atomic mass is 35.5. The minimum Gasteiger partial charge on any atom is -0.462 e. The van der Waals surface area contributed by atoms with Crippen LogP contribution in [0.1, 0.15) is 24.2 Å². The van der Waals surface area contributed by atoms with Crippen molar-refractivity contribution in [2.45, 2.75) is 19.9 Å². The molecule has 0 saturated carbocycles. The summed E-state index contributed by atoms with van der Waals surface area (Å²) >= 11 is 6.02. The van der Waals surface area contributed by atoms with Crippen LogP contribution >= 0.6 is 11.6 Å². The summed E-state index contributed by atoms with van der Waals surface area (Å²) in [4.78, 5) is 24.7. The molecule has 0 unspecified atom stereocenters. The van der Waals surface area contributed by atoms with E-state index in [0.29, 0.717) is 11.4 Å². The van der Waals surface area contributed by atoms with Gasteiger partial charge in [-0.1, -0.05) is 29.8 Å². The fourth-order valence-corrected chi connectivity index (χ4v) is 3.97. The number of hydrogen-bond donors (Lipinski definition) is 1. The number of halogens is 1. The van der Waals surface area contributed by atoms with Gasteiger partial charge in [-0.3, -0.25) is 9.10 Å². The van der Waals surface area contributed by atoms with Gasteiger partial charge in [-0.2, -0.15) is 0 Å². The number of ether oxygens (including phenoxy) is 1. The van der Waals surface area contributed by atoms with Crippen LogP contribution in [-0.4, -0.2) is 39.2 Å². The van der Waals surface area contributed by atoms with Crippen LogP contribution in [0.25, 0.3) is 0 Å². The second-order valence-electron chi connectivity index (χ2n) is 5.97. The van der Waals surface area contributed by atoms with Crippen LogP contribution in [0.4, 0.5) is 11.4 Å². The molecule has 0 heterocycles. The second kappa shape index (κ2) is 9.07. The molecule has 0 aliphatic heterocycles. The zero-order chi connectivity index (χ0) is 20.9. The highest BCUT2D eigenvalue weighted by Crippen LogP contribution is 2.24. The summed E-state index contributed by atoms with van der Waals surface area (Å²) in [6, 6.07) is 11.7. The van der Waals surface area contributed by atoms with Gasteiger partial charge < -0.3 is 10.1 Å². The van der Waals surface area contributed by atoms with Gasteiger partial charge in [0.15, 0.2) is 0 Å². The minimum absolute atomic E-state index is 0.108. The number of rotatable bonds is 7. The lowest BCUT2D eigenvalue weighted by atomic mass is 10.2. The Bertz CT molecular complexity index is 964. The number of sulfonamides is 1. The Morgan fingerprint density at radius 2 is 1.82 bits per heavy atom. The highest BCUT2D eigenvalue weighted by molar-refractivity contribution is 7.92. The fourth-order valence-electron chi connectivity index (χ4n) is 2.60. The van der Waals surface area contributed by atoms with E-state index in [9.17, 15) is 18.0 Å². The number of benzene rings is 2. The lowest BCUT2D eigenvalue weighted by Crippen LogP contribution is -2.45. The van der Waals surface area contributed by atoms with E-state index in [4.69, 9.17) is 16.3 Å². The van der Waals surface area contributed by atoms with Gasteiger partial charge in [0, 0.05) is 5.69 Å². The molecule has 2 aromatic carbocycles. The number of carbonyl (C=O) groups is 2. The fraction of sp³-hybridized carbons (Fsp3) is 0.263.